The number of fused-ring (bicyclic) bond motifs is 1. The van der Waals surface area contributed by atoms with Crippen molar-refractivity contribution < 1.29 is 9.53 Å². The molecule has 1 aliphatic carbocycles. The van der Waals surface area contributed by atoms with Crippen molar-refractivity contribution in [3.63, 3.8) is 0 Å². The Morgan fingerprint density at radius 3 is 2.83 bits per heavy atom. The molecule has 5 nitrogen and oxygen atoms in total. The summed E-state index contributed by atoms with van der Waals surface area (Å²) >= 11 is 0. The van der Waals surface area contributed by atoms with Crippen molar-refractivity contribution in [1.29, 1.82) is 0 Å². The summed E-state index contributed by atoms with van der Waals surface area (Å²) in [6.07, 6.45) is 3.12. The van der Waals surface area contributed by atoms with E-state index in [2.05, 4.69) is 23.7 Å². The highest BCUT2D eigenvalue weighted by atomic mass is 16.5. The summed E-state index contributed by atoms with van der Waals surface area (Å²) in [6.45, 7) is 2.40. The Hall–Kier alpha value is -1.88. The number of rotatable bonds is 4. The highest BCUT2D eigenvalue weighted by Crippen LogP contribution is 2.36. The van der Waals surface area contributed by atoms with Crippen molar-refractivity contribution in [2.24, 2.45) is 18.9 Å². The number of carbonyl (C=O) groups excluding carboxylic acids is 1. The van der Waals surface area contributed by atoms with Crippen LogP contribution in [0, 0.1) is 11.8 Å². The van der Waals surface area contributed by atoms with Gasteiger partial charge in [0.2, 0.25) is 5.91 Å². The molecule has 4 rings (SSSR count). The summed E-state index contributed by atoms with van der Waals surface area (Å²) < 4.78 is 7.41. The van der Waals surface area contributed by atoms with E-state index in [1.54, 1.807) is 7.11 Å². The van der Waals surface area contributed by atoms with Gasteiger partial charge >= 0.3 is 0 Å². The molecule has 2 aromatic rings. The summed E-state index contributed by atoms with van der Waals surface area (Å²) in [6, 6.07) is 8.21. The van der Waals surface area contributed by atoms with E-state index >= 15 is 0 Å². The van der Waals surface area contributed by atoms with Crippen LogP contribution < -0.4 is 0 Å². The number of aromatic nitrogens is 2. The third kappa shape index (κ3) is 2.61. The third-order valence-corrected chi connectivity index (χ3v) is 5.67. The van der Waals surface area contributed by atoms with Crippen LogP contribution >= 0.6 is 0 Å². The number of hydrogen-bond acceptors (Lipinski definition) is 3. The highest BCUT2D eigenvalue weighted by molar-refractivity contribution is 5.80. The molecule has 1 aromatic heterocycles. The number of aryl methyl sites for hydroxylation is 1. The summed E-state index contributed by atoms with van der Waals surface area (Å²) in [5.41, 5.74) is 2.20. The fourth-order valence-electron chi connectivity index (χ4n) is 4.30. The lowest BCUT2D eigenvalue weighted by molar-refractivity contribution is -0.140. The Morgan fingerprint density at radius 2 is 2.08 bits per heavy atom. The van der Waals surface area contributed by atoms with Gasteiger partial charge in [-0.1, -0.05) is 12.1 Å². The van der Waals surface area contributed by atoms with Crippen molar-refractivity contribution in [3.8, 4) is 0 Å². The first-order valence-corrected chi connectivity index (χ1v) is 8.86. The minimum Gasteiger partial charge on any atom is -0.384 e. The van der Waals surface area contributed by atoms with E-state index in [4.69, 9.17) is 9.72 Å². The molecular formula is C19H25N3O2. The lowest BCUT2D eigenvalue weighted by atomic mass is 9.95. The van der Waals surface area contributed by atoms with Gasteiger partial charge in [-0.15, -0.1) is 0 Å². The van der Waals surface area contributed by atoms with Crippen LogP contribution in [0.2, 0.25) is 0 Å². The molecule has 2 atom stereocenters. The average molecular weight is 327 g/mol. The smallest absolute Gasteiger partial charge is 0.225 e. The van der Waals surface area contributed by atoms with Crippen LogP contribution in [0.25, 0.3) is 11.0 Å². The molecule has 24 heavy (non-hydrogen) atoms. The number of benzene rings is 1. The number of nitrogens with zero attached hydrogens (tertiary/aromatic N) is 3. The molecule has 0 bridgehead atoms. The molecule has 5 heteroatoms. The molecule has 1 saturated heterocycles. The largest absolute Gasteiger partial charge is 0.384 e. The van der Waals surface area contributed by atoms with E-state index in [1.807, 2.05) is 17.0 Å². The topological polar surface area (TPSA) is 47.4 Å². The number of hydrogen-bond donors (Lipinski definition) is 0. The van der Waals surface area contributed by atoms with Crippen molar-refractivity contribution in [2.75, 3.05) is 26.8 Å². The highest BCUT2D eigenvalue weighted by Gasteiger charge is 2.39. The average Bonchev–Trinajstić information content (AvgIpc) is 3.13. The Bertz CT molecular complexity index is 748. The Labute approximate surface area is 142 Å². The number of likely N-dealkylation sites (tertiary alicyclic amines) is 1. The molecule has 2 heterocycles. The Morgan fingerprint density at radius 1 is 1.29 bits per heavy atom. The third-order valence-electron chi connectivity index (χ3n) is 5.67. The van der Waals surface area contributed by atoms with E-state index in [-0.39, 0.29) is 5.92 Å². The van der Waals surface area contributed by atoms with Crippen molar-refractivity contribution in [3.05, 3.63) is 30.1 Å². The molecule has 2 fully saturated rings. The normalized spacial score (nSPS) is 24.5. The molecule has 1 aromatic carbocycles. The first kappa shape index (κ1) is 15.6. The maximum atomic E-state index is 12.7. The summed E-state index contributed by atoms with van der Waals surface area (Å²) in [5.74, 6) is 2.56. The first-order chi connectivity index (χ1) is 11.7. The fourth-order valence-corrected chi connectivity index (χ4v) is 4.30. The minimum absolute atomic E-state index is 0.201. The predicted molar refractivity (Wildman–Crippen MR) is 92.7 cm³/mol. The van der Waals surface area contributed by atoms with Crippen LogP contribution in [0.3, 0.4) is 0 Å². The van der Waals surface area contributed by atoms with Crippen LogP contribution in [0.1, 0.15) is 31.0 Å². The number of carbonyl (C=O) groups is 1. The molecular weight excluding hydrogens is 302 g/mol. The quantitative estimate of drug-likeness (QED) is 0.867. The monoisotopic (exact) mass is 327 g/mol. The second-order valence-corrected chi connectivity index (χ2v) is 7.29. The number of amides is 1. The Balaban J connectivity index is 1.39. The van der Waals surface area contributed by atoms with Crippen molar-refractivity contribution in [2.45, 2.75) is 25.2 Å². The molecule has 0 N–H and O–H groups in total. The van der Waals surface area contributed by atoms with Gasteiger partial charge in [0, 0.05) is 39.8 Å². The summed E-state index contributed by atoms with van der Waals surface area (Å²) in [4.78, 5) is 19.5. The van der Waals surface area contributed by atoms with Crippen LogP contribution in [0.4, 0.5) is 0 Å². The maximum Gasteiger partial charge on any atom is 0.225 e. The second-order valence-electron chi connectivity index (χ2n) is 7.29. The van der Waals surface area contributed by atoms with E-state index in [0.717, 1.165) is 55.8 Å². The van der Waals surface area contributed by atoms with Crippen molar-refractivity contribution >= 4 is 16.9 Å². The van der Waals surface area contributed by atoms with E-state index in [9.17, 15) is 4.79 Å². The molecule has 0 radical (unpaired) electrons. The number of para-hydroxylation sites is 2. The van der Waals surface area contributed by atoms with Gasteiger partial charge in [0.1, 0.15) is 5.82 Å². The van der Waals surface area contributed by atoms with Crippen molar-refractivity contribution in [1.82, 2.24) is 14.5 Å². The molecule has 128 valence electrons. The van der Waals surface area contributed by atoms with Crippen LogP contribution in [0.15, 0.2) is 24.3 Å². The Kier molecular flexibility index (Phi) is 4.04. The molecule has 0 spiro atoms. The molecule has 1 saturated carbocycles. The number of imidazole rings is 1. The standard InChI is InChI=1S/C19H25N3O2/c1-21-17-6-4-3-5-16(17)20-18(21)15-10-22(11-15)19(23)14-8-7-13(9-14)12-24-2/h3-6,13-15H,7-12H2,1-2H3/t13-,14+/m1/s1. The molecule has 0 unspecified atom stereocenters. The van der Waals surface area contributed by atoms with Gasteiger partial charge in [-0.3, -0.25) is 4.79 Å². The second kappa shape index (κ2) is 6.20. The van der Waals surface area contributed by atoms with Gasteiger partial charge < -0.3 is 14.2 Å². The minimum atomic E-state index is 0.201. The van der Waals surface area contributed by atoms with Gasteiger partial charge in [-0.25, -0.2) is 4.98 Å². The lowest BCUT2D eigenvalue weighted by Crippen LogP contribution is -2.51. The number of methoxy groups -OCH3 is 1. The zero-order valence-electron chi connectivity index (χ0n) is 14.4. The SMILES string of the molecule is COC[C@@H]1CC[C@H](C(=O)N2CC(c3nc4ccccc4n3C)C2)C1. The van der Waals surface area contributed by atoms with Crippen LogP contribution in [0.5, 0.6) is 0 Å². The van der Waals surface area contributed by atoms with Crippen LogP contribution in [-0.4, -0.2) is 47.2 Å². The molecule has 1 amide bonds. The van der Waals surface area contributed by atoms with E-state index < -0.39 is 0 Å². The van der Waals surface area contributed by atoms with E-state index in [0.29, 0.717) is 17.7 Å². The van der Waals surface area contributed by atoms with Gasteiger partial charge in [-0.2, -0.15) is 0 Å². The zero-order valence-corrected chi connectivity index (χ0v) is 14.4. The van der Waals surface area contributed by atoms with Gasteiger partial charge in [-0.05, 0) is 37.3 Å². The first-order valence-electron chi connectivity index (χ1n) is 8.86. The maximum absolute atomic E-state index is 12.7. The van der Waals surface area contributed by atoms with Gasteiger partial charge in [0.15, 0.2) is 0 Å². The molecule has 1 aliphatic heterocycles. The zero-order chi connectivity index (χ0) is 16.7. The fraction of sp³-hybridized carbons (Fsp3) is 0.579. The summed E-state index contributed by atoms with van der Waals surface area (Å²) in [5, 5.41) is 0. The lowest BCUT2D eigenvalue weighted by Gasteiger charge is -2.40. The summed E-state index contributed by atoms with van der Waals surface area (Å²) in [7, 11) is 3.81. The van der Waals surface area contributed by atoms with Gasteiger partial charge in [0.25, 0.3) is 0 Å². The van der Waals surface area contributed by atoms with Gasteiger partial charge in [0.05, 0.1) is 17.0 Å². The molecule has 2 aliphatic rings. The predicted octanol–water partition coefficient (Wildman–Crippen LogP) is 2.56. The van der Waals surface area contributed by atoms with Crippen LogP contribution in [-0.2, 0) is 16.6 Å². The number of ether oxygens (including phenoxy) is 1. The van der Waals surface area contributed by atoms with E-state index in [1.165, 1.54) is 0 Å².